The SMILES string of the molecule is CN(C)c1cccc(OCc2ccnc(C(N)=NO)c2)c1. The smallest absolute Gasteiger partial charge is 0.188 e. The standard InChI is InChI=1S/C15H18N4O2/c1-19(2)12-4-3-5-13(9-12)21-10-11-6-7-17-14(8-11)15(16)18-20/h3-9,20H,10H2,1-2H3,(H2,16,18). The van der Waals surface area contributed by atoms with Gasteiger partial charge in [-0.1, -0.05) is 11.2 Å². The maximum atomic E-state index is 8.66. The third-order valence-electron chi connectivity index (χ3n) is 2.93. The van der Waals surface area contributed by atoms with Crippen molar-refractivity contribution >= 4 is 11.5 Å². The van der Waals surface area contributed by atoms with E-state index in [4.69, 9.17) is 15.7 Å². The number of hydrogen-bond acceptors (Lipinski definition) is 5. The molecule has 0 saturated carbocycles. The lowest BCUT2D eigenvalue weighted by Gasteiger charge is -2.14. The molecule has 110 valence electrons. The normalized spacial score (nSPS) is 11.2. The van der Waals surface area contributed by atoms with Crippen molar-refractivity contribution in [1.29, 1.82) is 0 Å². The molecule has 1 heterocycles. The molecule has 0 amide bonds. The Morgan fingerprint density at radius 1 is 1.33 bits per heavy atom. The topological polar surface area (TPSA) is 84.0 Å². The molecular weight excluding hydrogens is 268 g/mol. The molecule has 6 nitrogen and oxygen atoms in total. The molecule has 0 atom stereocenters. The second kappa shape index (κ2) is 6.60. The number of benzene rings is 1. The summed E-state index contributed by atoms with van der Waals surface area (Å²) in [7, 11) is 3.95. The van der Waals surface area contributed by atoms with Gasteiger partial charge in [-0.3, -0.25) is 4.98 Å². The molecule has 0 saturated heterocycles. The predicted molar refractivity (Wildman–Crippen MR) is 81.8 cm³/mol. The van der Waals surface area contributed by atoms with Crippen LogP contribution in [0.15, 0.2) is 47.8 Å². The molecule has 21 heavy (non-hydrogen) atoms. The van der Waals surface area contributed by atoms with Crippen LogP contribution in [-0.2, 0) is 6.61 Å². The zero-order chi connectivity index (χ0) is 15.2. The summed E-state index contributed by atoms with van der Waals surface area (Å²) < 4.78 is 5.75. The molecule has 2 rings (SSSR count). The van der Waals surface area contributed by atoms with Crippen LogP contribution in [0.2, 0.25) is 0 Å². The number of oxime groups is 1. The summed E-state index contributed by atoms with van der Waals surface area (Å²) in [6.07, 6.45) is 1.60. The molecule has 0 unspecified atom stereocenters. The zero-order valence-electron chi connectivity index (χ0n) is 12.0. The van der Waals surface area contributed by atoms with Gasteiger partial charge in [-0.25, -0.2) is 0 Å². The number of pyridine rings is 1. The number of nitrogens with zero attached hydrogens (tertiary/aromatic N) is 3. The Balaban J connectivity index is 2.08. The van der Waals surface area contributed by atoms with Gasteiger partial charge in [-0.05, 0) is 29.8 Å². The highest BCUT2D eigenvalue weighted by molar-refractivity contribution is 5.95. The Labute approximate surface area is 123 Å². The Morgan fingerprint density at radius 3 is 2.86 bits per heavy atom. The van der Waals surface area contributed by atoms with Gasteiger partial charge in [-0.15, -0.1) is 0 Å². The summed E-state index contributed by atoms with van der Waals surface area (Å²) in [5, 5.41) is 11.6. The molecule has 0 aliphatic rings. The van der Waals surface area contributed by atoms with E-state index < -0.39 is 0 Å². The maximum absolute atomic E-state index is 8.66. The Hall–Kier alpha value is -2.76. The Kier molecular flexibility index (Phi) is 4.61. The molecule has 0 spiro atoms. The Bertz CT molecular complexity index is 641. The lowest BCUT2D eigenvalue weighted by Crippen LogP contribution is -2.15. The van der Waals surface area contributed by atoms with Gasteiger partial charge in [0.2, 0.25) is 0 Å². The van der Waals surface area contributed by atoms with Crippen LogP contribution in [0.5, 0.6) is 5.75 Å². The summed E-state index contributed by atoms with van der Waals surface area (Å²) in [5.74, 6) is 0.759. The van der Waals surface area contributed by atoms with Gasteiger partial charge < -0.3 is 20.6 Å². The van der Waals surface area contributed by atoms with Gasteiger partial charge in [0.1, 0.15) is 18.1 Å². The van der Waals surface area contributed by atoms with Crippen LogP contribution in [0, 0.1) is 0 Å². The van der Waals surface area contributed by atoms with E-state index in [1.807, 2.05) is 49.3 Å². The molecule has 1 aromatic heterocycles. The molecule has 0 aliphatic heterocycles. The minimum atomic E-state index is -0.0218. The molecule has 0 fully saturated rings. The first kappa shape index (κ1) is 14.6. The Morgan fingerprint density at radius 2 is 2.14 bits per heavy atom. The van der Waals surface area contributed by atoms with E-state index in [-0.39, 0.29) is 5.84 Å². The highest BCUT2D eigenvalue weighted by atomic mass is 16.5. The van der Waals surface area contributed by atoms with Crippen LogP contribution < -0.4 is 15.4 Å². The second-order valence-corrected chi connectivity index (χ2v) is 4.72. The quantitative estimate of drug-likeness (QED) is 0.379. The van der Waals surface area contributed by atoms with Gasteiger partial charge in [0.05, 0.1) is 0 Å². The average Bonchev–Trinajstić information content (AvgIpc) is 2.52. The van der Waals surface area contributed by atoms with Crippen LogP contribution in [0.3, 0.4) is 0 Å². The molecule has 1 aromatic carbocycles. The lowest BCUT2D eigenvalue weighted by atomic mass is 10.2. The largest absolute Gasteiger partial charge is 0.489 e. The highest BCUT2D eigenvalue weighted by Gasteiger charge is 2.04. The number of hydrogen-bond donors (Lipinski definition) is 2. The average molecular weight is 286 g/mol. The maximum Gasteiger partial charge on any atom is 0.188 e. The van der Waals surface area contributed by atoms with E-state index in [0.29, 0.717) is 12.3 Å². The first-order valence-corrected chi connectivity index (χ1v) is 6.43. The molecular formula is C15H18N4O2. The molecule has 3 N–H and O–H groups in total. The van der Waals surface area contributed by atoms with Crippen LogP contribution in [0.4, 0.5) is 5.69 Å². The first-order valence-electron chi connectivity index (χ1n) is 6.43. The molecule has 2 aromatic rings. The van der Waals surface area contributed by atoms with E-state index >= 15 is 0 Å². The number of ether oxygens (including phenoxy) is 1. The number of amidine groups is 1. The second-order valence-electron chi connectivity index (χ2n) is 4.72. The molecule has 0 aliphatic carbocycles. The zero-order valence-corrected chi connectivity index (χ0v) is 12.0. The van der Waals surface area contributed by atoms with Gasteiger partial charge in [0.25, 0.3) is 0 Å². The lowest BCUT2D eigenvalue weighted by molar-refractivity contribution is 0.306. The van der Waals surface area contributed by atoms with E-state index in [0.717, 1.165) is 17.0 Å². The predicted octanol–water partition coefficient (Wildman–Crippen LogP) is 1.82. The monoisotopic (exact) mass is 286 g/mol. The number of anilines is 1. The number of aromatic nitrogens is 1. The van der Waals surface area contributed by atoms with E-state index in [9.17, 15) is 0 Å². The fraction of sp³-hybridized carbons (Fsp3) is 0.200. The minimum Gasteiger partial charge on any atom is -0.489 e. The third-order valence-corrected chi connectivity index (χ3v) is 2.93. The van der Waals surface area contributed by atoms with Crippen molar-refractivity contribution in [2.75, 3.05) is 19.0 Å². The van der Waals surface area contributed by atoms with Crippen molar-refractivity contribution in [3.05, 3.63) is 53.9 Å². The van der Waals surface area contributed by atoms with Crippen molar-refractivity contribution in [1.82, 2.24) is 4.98 Å². The summed E-state index contributed by atoms with van der Waals surface area (Å²) in [4.78, 5) is 6.03. The number of nitrogens with two attached hydrogens (primary N) is 1. The van der Waals surface area contributed by atoms with Crippen molar-refractivity contribution in [2.45, 2.75) is 6.61 Å². The van der Waals surface area contributed by atoms with E-state index in [1.54, 1.807) is 12.3 Å². The molecule has 6 heteroatoms. The first-order chi connectivity index (χ1) is 10.1. The van der Waals surface area contributed by atoms with Crippen LogP contribution in [-0.4, -0.2) is 30.1 Å². The van der Waals surface area contributed by atoms with Gasteiger partial charge in [-0.2, -0.15) is 0 Å². The summed E-state index contributed by atoms with van der Waals surface area (Å²) in [6, 6.07) is 11.4. The summed E-state index contributed by atoms with van der Waals surface area (Å²) in [6.45, 7) is 0.380. The van der Waals surface area contributed by atoms with Crippen molar-refractivity contribution < 1.29 is 9.94 Å². The molecule has 0 bridgehead atoms. The summed E-state index contributed by atoms with van der Waals surface area (Å²) >= 11 is 0. The van der Waals surface area contributed by atoms with Gasteiger partial charge in [0, 0.05) is 32.0 Å². The van der Waals surface area contributed by atoms with Crippen LogP contribution in [0.25, 0.3) is 0 Å². The van der Waals surface area contributed by atoms with Crippen molar-refractivity contribution in [3.63, 3.8) is 0 Å². The minimum absolute atomic E-state index is 0.0218. The van der Waals surface area contributed by atoms with Gasteiger partial charge >= 0.3 is 0 Å². The molecule has 0 radical (unpaired) electrons. The van der Waals surface area contributed by atoms with E-state index in [1.165, 1.54) is 0 Å². The summed E-state index contributed by atoms with van der Waals surface area (Å²) in [5.41, 5.74) is 7.89. The third kappa shape index (κ3) is 3.85. The van der Waals surface area contributed by atoms with Crippen molar-refractivity contribution in [3.8, 4) is 5.75 Å². The van der Waals surface area contributed by atoms with Crippen molar-refractivity contribution in [2.24, 2.45) is 10.9 Å². The fourth-order valence-corrected chi connectivity index (χ4v) is 1.77. The van der Waals surface area contributed by atoms with Crippen LogP contribution in [0.1, 0.15) is 11.3 Å². The highest BCUT2D eigenvalue weighted by Crippen LogP contribution is 2.20. The van der Waals surface area contributed by atoms with Gasteiger partial charge in [0.15, 0.2) is 5.84 Å². The van der Waals surface area contributed by atoms with Crippen LogP contribution >= 0.6 is 0 Å². The fourth-order valence-electron chi connectivity index (χ4n) is 1.77. The van der Waals surface area contributed by atoms with E-state index in [2.05, 4.69) is 10.1 Å². The number of rotatable bonds is 5.